The number of alkyl halides is 1. The van der Waals surface area contributed by atoms with Crippen LogP contribution in [0.1, 0.15) is 60.1 Å². The van der Waals surface area contributed by atoms with Gasteiger partial charge in [-0.2, -0.15) is 0 Å². The van der Waals surface area contributed by atoms with Gasteiger partial charge in [-0.25, -0.2) is 0 Å². The first kappa shape index (κ1) is 16.0. The first-order chi connectivity index (χ1) is 11.7. The van der Waals surface area contributed by atoms with Crippen LogP contribution in [0.15, 0.2) is 42.5 Å². The Bertz CT molecular complexity index is 725. The molecule has 3 heteroatoms. The van der Waals surface area contributed by atoms with Gasteiger partial charge in [0.25, 0.3) is 0 Å². The quantitative estimate of drug-likeness (QED) is 0.654. The average Bonchev–Trinajstić information content (AvgIpc) is 2.61. The summed E-state index contributed by atoms with van der Waals surface area (Å²) < 4.78 is 0. The molecule has 1 fully saturated rings. The maximum Gasteiger partial charge on any atom is 0.115 e. The molecule has 0 amide bonds. The van der Waals surface area contributed by atoms with Crippen molar-refractivity contribution in [1.29, 1.82) is 0 Å². The lowest BCUT2D eigenvalue weighted by molar-refractivity contribution is 0.224. The lowest BCUT2D eigenvalue weighted by atomic mass is 9.58. The van der Waals surface area contributed by atoms with Gasteiger partial charge >= 0.3 is 0 Å². The number of rotatable bonds is 2. The predicted molar refractivity (Wildman–Crippen MR) is 100 cm³/mol. The van der Waals surface area contributed by atoms with E-state index in [0.717, 1.165) is 5.33 Å². The summed E-state index contributed by atoms with van der Waals surface area (Å²) in [5.41, 5.74) is 4.07. The predicted octanol–water partition coefficient (Wildman–Crippen LogP) is 5.65. The summed E-state index contributed by atoms with van der Waals surface area (Å²) >= 11 is 3.76. The van der Waals surface area contributed by atoms with Gasteiger partial charge in [0, 0.05) is 11.2 Å². The Balaban J connectivity index is 1.85. The highest BCUT2D eigenvalue weighted by Gasteiger charge is 2.43. The molecule has 0 spiro atoms. The van der Waals surface area contributed by atoms with E-state index in [1.165, 1.54) is 42.4 Å². The number of halogens is 1. The Morgan fingerprint density at radius 2 is 1.58 bits per heavy atom. The minimum Gasteiger partial charge on any atom is -0.508 e. The van der Waals surface area contributed by atoms with E-state index in [1.54, 1.807) is 0 Å². The van der Waals surface area contributed by atoms with Crippen molar-refractivity contribution in [3.8, 4) is 11.5 Å². The Hall–Kier alpha value is -1.48. The van der Waals surface area contributed by atoms with Gasteiger partial charge in [0.1, 0.15) is 11.5 Å². The molecule has 2 nitrogen and oxygen atoms in total. The zero-order valence-electron chi connectivity index (χ0n) is 13.7. The number of phenols is 2. The SMILES string of the molecule is Oc1ccc([C@H]2[C@H]3CCCC[C@H]3c3cc(O)ccc3[C@@H]2CBr)cc1. The zero-order valence-corrected chi connectivity index (χ0v) is 15.2. The van der Waals surface area contributed by atoms with Crippen LogP contribution in [0.25, 0.3) is 0 Å². The molecule has 24 heavy (non-hydrogen) atoms. The normalized spacial score (nSPS) is 28.9. The van der Waals surface area contributed by atoms with Crippen molar-refractivity contribution in [3.63, 3.8) is 0 Å². The highest BCUT2D eigenvalue weighted by molar-refractivity contribution is 9.09. The van der Waals surface area contributed by atoms with E-state index in [9.17, 15) is 10.2 Å². The van der Waals surface area contributed by atoms with E-state index in [-0.39, 0.29) is 0 Å². The van der Waals surface area contributed by atoms with Gasteiger partial charge in [0.2, 0.25) is 0 Å². The van der Waals surface area contributed by atoms with Crippen LogP contribution in [0.4, 0.5) is 0 Å². The van der Waals surface area contributed by atoms with Gasteiger partial charge in [-0.15, -0.1) is 0 Å². The Morgan fingerprint density at radius 3 is 2.33 bits per heavy atom. The van der Waals surface area contributed by atoms with Crippen LogP contribution < -0.4 is 0 Å². The molecule has 4 atom stereocenters. The smallest absolute Gasteiger partial charge is 0.115 e. The minimum atomic E-state index is 0.329. The van der Waals surface area contributed by atoms with E-state index in [0.29, 0.717) is 35.2 Å². The number of aromatic hydroxyl groups is 2. The molecule has 2 N–H and O–H groups in total. The van der Waals surface area contributed by atoms with Crippen LogP contribution in [0.3, 0.4) is 0 Å². The second kappa shape index (κ2) is 6.44. The van der Waals surface area contributed by atoms with Gasteiger partial charge in [-0.3, -0.25) is 0 Å². The minimum absolute atomic E-state index is 0.329. The summed E-state index contributed by atoms with van der Waals surface area (Å²) in [6.45, 7) is 0. The van der Waals surface area contributed by atoms with Crippen molar-refractivity contribution in [2.24, 2.45) is 5.92 Å². The van der Waals surface area contributed by atoms with Crippen LogP contribution in [0, 0.1) is 5.92 Å². The molecule has 2 aliphatic carbocycles. The topological polar surface area (TPSA) is 40.5 Å². The van der Waals surface area contributed by atoms with Crippen molar-refractivity contribution in [2.75, 3.05) is 5.33 Å². The van der Waals surface area contributed by atoms with Crippen molar-refractivity contribution in [3.05, 3.63) is 59.2 Å². The number of benzene rings is 2. The lowest BCUT2D eigenvalue weighted by Crippen LogP contribution is -2.34. The summed E-state index contributed by atoms with van der Waals surface area (Å²) in [6, 6.07) is 13.7. The van der Waals surface area contributed by atoms with E-state index >= 15 is 0 Å². The van der Waals surface area contributed by atoms with Crippen LogP contribution in [0.2, 0.25) is 0 Å². The average molecular weight is 387 g/mol. The fourth-order valence-electron chi connectivity index (χ4n) is 5.04. The second-order valence-electron chi connectivity index (χ2n) is 7.25. The van der Waals surface area contributed by atoms with E-state index in [1.807, 2.05) is 24.3 Å². The fourth-order valence-corrected chi connectivity index (χ4v) is 5.79. The third kappa shape index (κ3) is 2.63. The number of hydrogen-bond donors (Lipinski definition) is 2. The zero-order chi connectivity index (χ0) is 16.7. The van der Waals surface area contributed by atoms with Crippen LogP contribution >= 0.6 is 15.9 Å². The van der Waals surface area contributed by atoms with Crippen LogP contribution in [0.5, 0.6) is 11.5 Å². The molecule has 0 heterocycles. The largest absolute Gasteiger partial charge is 0.508 e. The molecule has 2 aromatic carbocycles. The van der Waals surface area contributed by atoms with E-state index in [2.05, 4.69) is 34.1 Å². The summed E-state index contributed by atoms with van der Waals surface area (Å²) in [4.78, 5) is 0. The molecule has 0 aliphatic heterocycles. The summed E-state index contributed by atoms with van der Waals surface area (Å²) in [7, 11) is 0. The number of phenolic OH excluding ortho intramolecular Hbond substituents is 2. The van der Waals surface area contributed by atoms with Crippen molar-refractivity contribution < 1.29 is 10.2 Å². The number of hydrogen-bond acceptors (Lipinski definition) is 2. The van der Waals surface area contributed by atoms with Crippen LogP contribution in [-0.2, 0) is 0 Å². The molecule has 1 saturated carbocycles. The molecular weight excluding hydrogens is 364 g/mol. The van der Waals surface area contributed by atoms with Gasteiger partial charge in [-0.1, -0.05) is 47.0 Å². The molecule has 2 aliphatic rings. The van der Waals surface area contributed by atoms with E-state index < -0.39 is 0 Å². The molecule has 126 valence electrons. The van der Waals surface area contributed by atoms with Gasteiger partial charge in [0.05, 0.1) is 0 Å². The molecule has 0 aromatic heterocycles. The summed E-state index contributed by atoms with van der Waals surface area (Å²) in [5, 5.41) is 20.6. The third-order valence-corrected chi connectivity index (χ3v) is 6.73. The Kier molecular flexibility index (Phi) is 4.29. The monoisotopic (exact) mass is 386 g/mol. The maximum atomic E-state index is 10.0. The Morgan fingerprint density at radius 1 is 0.875 bits per heavy atom. The van der Waals surface area contributed by atoms with Gasteiger partial charge in [-0.05, 0) is 71.6 Å². The molecule has 0 radical (unpaired) electrons. The first-order valence-electron chi connectivity index (χ1n) is 8.86. The molecule has 0 bridgehead atoms. The third-order valence-electron chi connectivity index (χ3n) is 6.03. The molecule has 4 rings (SSSR count). The molecule has 0 unspecified atom stereocenters. The lowest BCUT2D eigenvalue weighted by Gasteiger charge is -2.47. The first-order valence-corrected chi connectivity index (χ1v) is 9.99. The standard InChI is InChI=1S/C21H23BrO2/c22-12-20-17-10-9-15(24)11-19(17)16-3-1-2-4-18(16)21(20)13-5-7-14(23)8-6-13/h5-11,16,18,20-21,23-24H,1-4,12H2/t16-,18+,20+,21+/m1/s1. The summed E-state index contributed by atoms with van der Waals surface area (Å²) in [5.74, 6) is 2.73. The van der Waals surface area contributed by atoms with Crippen molar-refractivity contribution >= 4 is 15.9 Å². The number of fused-ring (bicyclic) bond motifs is 3. The maximum absolute atomic E-state index is 10.0. The van der Waals surface area contributed by atoms with Gasteiger partial charge in [0.15, 0.2) is 0 Å². The molecule has 2 aromatic rings. The van der Waals surface area contributed by atoms with Gasteiger partial charge < -0.3 is 10.2 Å². The molecule has 0 saturated heterocycles. The second-order valence-corrected chi connectivity index (χ2v) is 7.89. The highest BCUT2D eigenvalue weighted by Crippen LogP contribution is 2.57. The highest BCUT2D eigenvalue weighted by atomic mass is 79.9. The van der Waals surface area contributed by atoms with Crippen molar-refractivity contribution in [2.45, 2.75) is 43.4 Å². The fraction of sp³-hybridized carbons (Fsp3) is 0.429. The van der Waals surface area contributed by atoms with E-state index in [4.69, 9.17) is 0 Å². The van der Waals surface area contributed by atoms with Crippen molar-refractivity contribution in [1.82, 2.24) is 0 Å². The van der Waals surface area contributed by atoms with Crippen LogP contribution in [-0.4, -0.2) is 15.5 Å². The summed E-state index contributed by atoms with van der Waals surface area (Å²) in [6.07, 6.45) is 5.02. The molecular formula is C21H23BrO2. The Labute approximate surface area is 151 Å².